The van der Waals surface area contributed by atoms with Gasteiger partial charge in [0.15, 0.2) is 0 Å². The Hall–Kier alpha value is 0.497. The molecule has 0 fully saturated rings. The fourth-order valence-electron chi connectivity index (χ4n) is 0.498. The Morgan fingerprint density at radius 3 is 2.45 bits per heavy atom. The Kier molecular flexibility index (Phi) is 5.43. The summed E-state index contributed by atoms with van der Waals surface area (Å²) < 4.78 is 5.24. The van der Waals surface area contributed by atoms with Gasteiger partial charge in [0.05, 0.1) is 6.61 Å². The number of hydrogen-bond acceptors (Lipinski definition) is 1. The Morgan fingerprint density at radius 1 is 1.55 bits per heavy atom. The molecule has 11 heavy (non-hydrogen) atoms. The van der Waals surface area contributed by atoms with Crippen molar-refractivity contribution in [1.29, 1.82) is 0 Å². The summed E-state index contributed by atoms with van der Waals surface area (Å²) in [5, 5.41) is 0. The predicted molar refractivity (Wildman–Crippen MR) is 53.8 cm³/mol. The van der Waals surface area contributed by atoms with Gasteiger partial charge >= 0.3 is 0 Å². The Labute approximate surface area is 78.8 Å². The molecular weight excluding hydrogens is 199 g/mol. The summed E-state index contributed by atoms with van der Waals surface area (Å²) >= 11 is 11.7. The lowest BCUT2D eigenvalue weighted by Gasteiger charge is -2.09. The van der Waals surface area contributed by atoms with E-state index in [0.29, 0.717) is 13.2 Å². The van der Waals surface area contributed by atoms with Crippen molar-refractivity contribution in [3.63, 3.8) is 0 Å². The summed E-state index contributed by atoms with van der Waals surface area (Å²) in [5.41, 5.74) is 1.03. The van der Waals surface area contributed by atoms with Crippen LogP contribution in [0, 0.1) is 0 Å². The van der Waals surface area contributed by atoms with Gasteiger partial charge in [0.2, 0.25) is 0 Å². The lowest BCUT2D eigenvalue weighted by atomic mass is 10.4. The average Bonchev–Trinajstić information content (AvgIpc) is 1.78. The molecule has 0 atom stereocenters. The normalized spacial score (nSPS) is 11.6. The molecule has 66 valence electrons. The van der Waals surface area contributed by atoms with Crippen molar-refractivity contribution in [2.24, 2.45) is 0 Å². The Balaban J connectivity index is 3.22. The molecule has 0 aromatic carbocycles. The van der Waals surface area contributed by atoms with Gasteiger partial charge in [-0.25, -0.2) is 0 Å². The summed E-state index contributed by atoms with van der Waals surface area (Å²) in [6.07, 6.45) is 0. The van der Waals surface area contributed by atoms with Gasteiger partial charge in [-0.2, -0.15) is 0 Å². The van der Waals surface area contributed by atoms with Crippen molar-refractivity contribution in [3.05, 3.63) is 12.2 Å². The van der Waals surface area contributed by atoms with E-state index in [1.54, 1.807) is 0 Å². The van der Waals surface area contributed by atoms with E-state index < -0.39 is 6.69 Å². The molecule has 0 N–H and O–H groups in total. The third-order valence-electron chi connectivity index (χ3n) is 1.03. The van der Waals surface area contributed by atoms with Crippen molar-refractivity contribution < 1.29 is 4.74 Å². The van der Waals surface area contributed by atoms with Crippen LogP contribution in [0.5, 0.6) is 0 Å². The van der Waals surface area contributed by atoms with Gasteiger partial charge in [0, 0.05) is 6.61 Å². The van der Waals surface area contributed by atoms with Crippen molar-refractivity contribution in [3.8, 4) is 0 Å². The highest BCUT2D eigenvalue weighted by Gasteiger charge is 2.19. The van der Waals surface area contributed by atoms with Crippen LogP contribution < -0.4 is 0 Å². The van der Waals surface area contributed by atoms with Gasteiger partial charge < -0.3 is 4.74 Å². The SMILES string of the molecule is C=C(C)COCC[Si](C)(Cl)Cl. The lowest BCUT2D eigenvalue weighted by Crippen LogP contribution is -2.15. The molecule has 0 saturated carbocycles. The minimum absolute atomic E-state index is 0.609. The summed E-state index contributed by atoms with van der Waals surface area (Å²) in [7, 11) is 0. The molecule has 0 aromatic rings. The monoisotopic (exact) mass is 212 g/mol. The highest BCUT2D eigenvalue weighted by atomic mass is 35.7. The second-order valence-electron chi connectivity index (χ2n) is 2.83. The van der Waals surface area contributed by atoms with E-state index in [1.165, 1.54) is 0 Å². The van der Waals surface area contributed by atoms with E-state index in [2.05, 4.69) is 6.58 Å². The van der Waals surface area contributed by atoms with Crippen molar-refractivity contribution in [2.75, 3.05) is 13.2 Å². The van der Waals surface area contributed by atoms with E-state index in [1.807, 2.05) is 13.5 Å². The zero-order valence-corrected chi connectivity index (χ0v) is 9.50. The van der Waals surface area contributed by atoms with Crippen LogP contribution in [-0.4, -0.2) is 19.9 Å². The Morgan fingerprint density at radius 2 is 2.09 bits per heavy atom. The summed E-state index contributed by atoms with van der Waals surface area (Å²) in [6.45, 7) is 6.84. The van der Waals surface area contributed by atoms with E-state index in [0.717, 1.165) is 11.6 Å². The molecule has 0 amide bonds. The molecule has 0 aliphatic heterocycles. The molecule has 0 radical (unpaired) electrons. The van der Waals surface area contributed by atoms with E-state index in [-0.39, 0.29) is 0 Å². The fraction of sp³-hybridized carbons (Fsp3) is 0.714. The van der Waals surface area contributed by atoms with Crippen LogP contribution in [0.4, 0.5) is 0 Å². The number of rotatable bonds is 5. The number of ether oxygens (including phenoxy) is 1. The lowest BCUT2D eigenvalue weighted by molar-refractivity contribution is 0.171. The molecule has 1 nitrogen and oxygen atoms in total. The smallest absolute Gasteiger partial charge is 0.250 e. The van der Waals surface area contributed by atoms with Crippen molar-refractivity contribution in [1.82, 2.24) is 0 Å². The molecule has 0 rings (SSSR count). The fourth-order valence-corrected chi connectivity index (χ4v) is 1.46. The van der Waals surface area contributed by atoms with Gasteiger partial charge in [-0.05, 0) is 19.5 Å². The third-order valence-corrected chi connectivity index (χ3v) is 3.25. The highest BCUT2D eigenvalue weighted by molar-refractivity contribution is 7.44. The first-order valence-electron chi connectivity index (χ1n) is 3.52. The van der Waals surface area contributed by atoms with Gasteiger partial charge in [0.25, 0.3) is 6.69 Å². The molecule has 0 aliphatic carbocycles. The van der Waals surface area contributed by atoms with Crippen LogP contribution in [0.25, 0.3) is 0 Å². The largest absolute Gasteiger partial charge is 0.377 e. The number of halogens is 2. The highest BCUT2D eigenvalue weighted by Crippen LogP contribution is 2.19. The van der Waals surface area contributed by atoms with E-state index in [4.69, 9.17) is 26.9 Å². The van der Waals surface area contributed by atoms with Crippen LogP contribution in [0.2, 0.25) is 12.6 Å². The summed E-state index contributed by atoms with van der Waals surface area (Å²) in [4.78, 5) is 0. The Bertz CT molecular complexity index is 131. The molecule has 0 spiro atoms. The van der Waals surface area contributed by atoms with Gasteiger partial charge in [-0.1, -0.05) is 12.2 Å². The average molecular weight is 213 g/mol. The van der Waals surface area contributed by atoms with Gasteiger partial charge in [0.1, 0.15) is 0 Å². The molecule has 0 heterocycles. The van der Waals surface area contributed by atoms with Crippen molar-refractivity contribution in [2.45, 2.75) is 19.5 Å². The topological polar surface area (TPSA) is 9.23 Å². The molecule has 0 saturated heterocycles. The zero-order chi connectivity index (χ0) is 8.91. The molecule has 4 heteroatoms. The molecule has 0 aliphatic rings. The van der Waals surface area contributed by atoms with Gasteiger partial charge in [-0.3, -0.25) is 0 Å². The maximum absolute atomic E-state index is 5.85. The first-order valence-corrected chi connectivity index (χ1v) is 8.25. The second kappa shape index (κ2) is 5.20. The van der Waals surface area contributed by atoms with Crippen LogP contribution in [0.1, 0.15) is 6.92 Å². The van der Waals surface area contributed by atoms with Gasteiger partial charge in [-0.15, -0.1) is 22.2 Å². The standard InChI is InChI=1S/C7H14Cl2OSi/c1-7(2)6-10-4-5-11(3,8)9/h1,4-6H2,2-3H3. The quantitative estimate of drug-likeness (QED) is 0.295. The van der Waals surface area contributed by atoms with E-state index >= 15 is 0 Å². The van der Waals surface area contributed by atoms with Crippen LogP contribution in [-0.2, 0) is 4.74 Å². The number of hydrogen-bond donors (Lipinski definition) is 0. The van der Waals surface area contributed by atoms with E-state index in [9.17, 15) is 0 Å². The molecule has 0 bridgehead atoms. The molecule has 0 unspecified atom stereocenters. The van der Waals surface area contributed by atoms with Crippen LogP contribution in [0.3, 0.4) is 0 Å². The summed E-state index contributed by atoms with van der Waals surface area (Å²) in [5.74, 6) is 0. The minimum atomic E-state index is -1.94. The van der Waals surface area contributed by atoms with Crippen molar-refractivity contribution >= 4 is 28.9 Å². The third kappa shape index (κ3) is 10.5. The summed E-state index contributed by atoms with van der Waals surface area (Å²) in [6, 6.07) is 0.781. The first-order chi connectivity index (χ1) is 4.92. The first kappa shape index (κ1) is 11.5. The maximum Gasteiger partial charge on any atom is 0.250 e. The molecule has 0 aromatic heterocycles. The maximum atomic E-state index is 5.85. The predicted octanol–water partition coefficient (Wildman–Crippen LogP) is 3.13. The molecular formula is C7H14Cl2OSi. The van der Waals surface area contributed by atoms with Crippen LogP contribution >= 0.6 is 22.2 Å². The minimum Gasteiger partial charge on any atom is -0.377 e. The van der Waals surface area contributed by atoms with Crippen LogP contribution in [0.15, 0.2) is 12.2 Å². The zero-order valence-electron chi connectivity index (χ0n) is 6.99. The second-order valence-corrected chi connectivity index (χ2v) is 11.1.